The average molecular weight is 251 g/mol. The molecule has 0 saturated heterocycles. The number of aryl methyl sites for hydroxylation is 1. The predicted octanol–water partition coefficient (Wildman–Crippen LogP) is 1.44. The Bertz CT molecular complexity index is 370. The number of hydrogen-bond acceptors (Lipinski definition) is 4. The van der Waals surface area contributed by atoms with Gasteiger partial charge in [0.15, 0.2) is 0 Å². The second kappa shape index (κ2) is 6.73. The fourth-order valence-electron chi connectivity index (χ4n) is 2.21. The van der Waals surface area contributed by atoms with Gasteiger partial charge in [0.1, 0.15) is 0 Å². The second-order valence-electron chi connectivity index (χ2n) is 4.58. The lowest BCUT2D eigenvalue weighted by atomic mass is 9.95. The van der Waals surface area contributed by atoms with Crippen LogP contribution in [0.4, 0.5) is 5.69 Å². The first-order valence-electron chi connectivity index (χ1n) is 6.40. The van der Waals surface area contributed by atoms with Crippen molar-refractivity contribution < 1.29 is 14.6 Å². The lowest BCUT2D eigenvalue weighted by molar-refractivity contribution is 0.00512. The molecule has 2 atom stereocenters. The van der Waals surface area contributed by atoms with Crippen LogP contribution >= 0.6 is 0 Å². The Labute approximate surface area is 108 Å². The van der Waals surface area contributed by atoms with Gasteiger partial charge in [-0.1, -0.05) is 18.2 Å². The first-order chi connectivity index (χ1) is 8.81. The number of nitrogens with one attached hydrogen (secondary N) is 1. The first kappa shape index (κ1) is 13.3. The van der Waals surface area contributed by atoms with Crippen molar-refractivity contribution in [3.63, 3.8) is 0 Å². The number of rotatable bonds is 6. The van der Waals surface area contributed by atoms with Gasteiger partial charge in [-0.05, 0) is 24.5 Å². The zero-order chi connectivity index (χ0) is 12.8. The summed E-state index contributed by atoms with van der Waals surface area (Å²) in [6.07, 6.45) is 1.46. The highest BCUT2D eigenvalue weighted by atomic mass is 16.5. The molecule has 0 saturated carbocycles. The van der Waals surface area contributed by atoms with Crippen molar-refractivity contribution >= 4 is 5.69 Å². The highest BCUT2D eigenvalue weighted by molar-refractivity contribution is 5.53. The molecule has 0 spiro atoms. The molecule has 4 heteroatoms. The number of fused-ring (bicyclic) bond motifs is 1. The number of anilines is 1. The fraction of sp³-hybridized carbons (Fsp3) is 0.571. The lowest BCUT2D eigenvalue weighted by Crippen LogP contribution is -2.39. The molecule has 1 aliphatic heterocycles. The number of aliphatic hydroxyl groups excluding tert-OH is 1. The van der Waals surface area contributed by atoms with Crippen molar-refractivity contribution in [3.8, 4) is 0 Å². The van der Waals surface area contributed by atoms with Gasteiger partial charge >= 0.3 is 0 Å². The van der Waals surface area contributed by atoms with E-state index in [4.69, 9.17) is 9.47 Å². The van der Waals surface area contributed by atoms with E-state index in [1.807, 2.05) is 12.1 Å². The van der Waals surface area contributed by atoms with Crippen LogP contribution in [0, 0.1) is 0 Å². The fourth-order valence-corrected chi connectivity index (χ4v) is 2.21. The molecule has 0 bridgehead atoms. The molecule has 0 aromatic heterocycles. The molecule has 1 heterocycles. The van der Waals surface area contributed by atoms with Gasteiger partial charge < -0.3 is 19.9 Å². The molecule has 0 amide bonds. The Hall–Kier alpha value is -1.10. The molecule has 0 aliphatic carbocycles. The number of ether oxygens (including phenoxy) is 2. The number of aliphatic hydroxyl groups is 1. The smallest absolute Gasteiger partial charge is 0.0974 e. The van der Waals surface area contributed by atoms with E-state index < -0.39 is 6.10 Å². The van der Waals surface area contributed by atoms with Gasteiger partial charge in [0.25, 0.3) is 0 Å². The Morgan fingerprint density at radius 3 is 3.06 bits per heavy atom. The van der Waals surface area contributed by atoms with E-state index in [1.165, 1.54) is 5.56 Å². The minimum Gasteiger partial charge on any atom is -0.389 e. The van der Waals surface area contributed by atoms with E-state index in [9.17, 15) is 5.11 Å². The zero-order valence-corrected chi connectivity index (χ0v) is 10.8. The highest BCUT2D eigenvalue weighted by Crippen LogP contribution is 2.25. The summed E-state index contributed by atoms with van der Waals surface area (Å²) < 4.78 is 10.3. The quantitative estimate of drug-likeness (QED) is 0.751. The van der Waals surface area contributed by atoms with E-state index in [-0.39, 0.29) is 6.04 Å². The van der Waals surface area contributed by atoms with Crippen LogP contribution in [0.15, 0.2) is 24.3 Å². The van der Waals surface area contributed by atoms with Crippen LogP contribution in [-0.2, 0) is 15.9 Å². The summed E-state index contributed by atoms with van der Waals surface area (Å²) in [6, 6.07) is 8.31. The molecule has 2 N–H and O–H groups in total. The highest BCUT2D eigenvalue weighted by Gasteiger charge is 2.23. The normalized spacial score (nSPS) is 20.0. The Morgan fingerprint density at radius 2 is 2.22 bits per heavy atom. The van der Waals surface area contributed by atoms with Crippen molar-refractivity contribution in [2.45, 2.75) is 25.0 Å². The third kappa shape index (κ3) is 3.45. The number of benzene rings is 1. The van der Waals surface area contributed by atoms with Gasteiger partial charge in [0.2, 0.25) is 0 Å². The predicted molar refractivity (Wildman–Crippen MR) is 70.9 cm³/mol. The number of para-hydroxylation sites is 1. The van der Waals surface area contributed by atoms with Gasteiger partial charge in [-0.25, -0.2) is 0 Å². The van der Waals surface area contributed by atoms with Gasteiger partial charge in [0.05, 0.1) is 32.0 Å². The van der Waals surface area contributed by atoms with E-state index in [0.29, 0.717) is 19.8 Å². The molecule has 100 valence electrons. The maximum atomic E-state index is 10.1. The Balaban J connectivity index is 1.81. The van der Waals surface area contributed by atoms with Crippen LogP contribution in [0.1, 0.15) is 12.0 Å². The molecule has 4 nitrogen and oxygen atoms in total. The van der Waals surface area contributed by atoms with Crippen LogP contribution in [0.2, 0.25) is 0 Å². The molecule has 2 unspecified atom stereocenters. The molecule has 1 aromatic carbocycles. The second-order valence-corrected chi connectivity index (χ2v) is 4.58. The zero-order valence-electron chi connectivity index (χ0n) is 10.8. The minimum atomic E-state index is -0.477. The minimum absolute atomic E-state index is 0.0717. The number of methoxy groups -OCH3 is 1. The summed E-state index contributed by atoms with van der Waals surface area (Å²) in [5.41, 5.74) is 2.45. The summed E-state index contributed by atoms with van der Waals surface area (Å²) in [7, 11) is 1.64. The summed E-state index contributed by atoms with van der Waals surface area (Å²) in [5.74, 6) is 0. The van der Waals surface area contributed by atoms with Crippen molar-refractivity contribution in [3.05, 3.63) is 29.8 Å². The third-order valence-electron chi connectivity index (χ3n) is 3.27. The van der Waals surface area contributed by atoms with Gasteiger partial charge in [0, 0.05) is 12.8 Å². The van der Waals surface area contributed by atoms with Gasteiger partial charge in [-0.3, -0.25) is 0 Å². The van der Waals surface area contributed by atoms with Crippen LogP contribution in [0.3, 0.4) is 0 Å². The van der Waals surface area contributed by atoms with Crippen molar-refractivity contribution in [1.29, 1.82) is 0 Å². The van der Waals surface area contributed by atoms with E-state index >= 15 is 0 Å². The molecule has 0 fully saturated rings. The van der Waals surface area contributed by atoms with Crippen LogP contribution in [0.25, 0.3) is 0 Å². The van der Waals surface area contributed by atoms with Crippen LogP contribution in [-0.4, -0.2) is 44.2 Å². The topological polar surface area (TPSA) is 50.7 Å². The summed E-state index contributed by atoms with van der Waals surface area (Å²) >= 11 is 0. The van der Waals surface area contributed by atoms with Crippen molar-refractivity contribution in [2.75, 3.05) is 32.2 Å². The molecule has 1 aliphatic rings. The van der Waals surface area contributed by atoms with Gasteiger partial charge in [-0.15, -0.1) is 0 Å². The van der Waals surface area contributed by atoms with E-state index in [2.05, 4.69) is 17.4 Å². The van der Waals surface area contributed by atoms with Gasteiger partial charge in [-0.2, -0.15) is 0 Å². The molecule has 0 radical (unpaired) electrons. The Morgan fingerprint density at radius 1 is 1.39 bits per heavy atom. The third-order valence-corrected chi connectivity index (χ3v) is 3.27. The SMILES string of the molecule is COCCOCC(O)C1CCc2ccccc2N1. The van der Waals surface area contributed by atoms with Crippen LogP contribution < -0.4 is 5.32 Å². The molecular formula is C14H21NO3. The van der Waals surface area contributed by atoms with Crippen molar-refractivity contribution in [2.24, 2.45) is 0 Å². The lowest BCUT2D eigenvalue weighted by Gasteiger charge is -2.30. The molecule has 1 aromatic rings. The largest absolute Gasteiger partial charge is 0.389 e. The Kier molecular flexibility index (Phi) is 4.99. The number of hydrogen-bond donors (Lipinski definition) is 2. The first-order valence-corrected chi connectivity index (χ1v) is 6.40. The van der Waals surface area contributed by atoms with E-state index in [1.54, 1.807) is 7.11 Å². The summed E-state index contributed by atoms with van der Waals surface area (Å²) in [4.78, 5) is 0. The van der Waals surface area contributed by atoms with E-state index in [0.717, 1.165) is 18.5 Å². The molecule has 18 heavy (non-hydrogen) atoms. The summed E-state index contributed by atoms with van der Waals surface area (Å²) in [5, 5.41) is 13.4. The van der Waals surface area contributed by atoms with Crippen molar-refractivity contribution in [1.82, 2.24) is 0 Å². The van der Waals surface area contributed by atoms with Crippen LogP contribution in [0.5, 0.6) is 0 Å². The average Bonchev–Trinajstić information content (AvgIpc) is 2.43. The standard InChI is InChI=1S/C14H21NO3/c1-17-8-9-18-10-14(16)13-7-6-11-4-2-3-5-12(11)15-13/h2-5,13-16H,6-10H2,1H3. The molecular weight excluding hydrogens is 230 g/mol. The maximum Gasteiger partial charge on any atom is 0.0974 e. The summed E-state index contributed by atoms with van der Waals surface area (Å²) in [6.45, 7) is 1.44. The maximum absolute atomic E-state index is 10.1. The molecule has 2 rings (SSSR count). The monoisotopic (exact) mass is 251 g/mol.